The van der Waals surface area contributed by atoms with Crippen LogP contribution in [-0.2, 0) is 6.54 Å². The van der Waals surface area contributed by atoms with Crippen LogP contribution in [0.1, 0.15) is 25.7 Å². The first-order valence-electron chi connectivity index (χ1n) is 6.07. The van der Waals surface area contributed by atoms with E-state index < -0.39 is 5.97 Å². The molecule has 106 valence electrons. The van der Waals surface area contributed by atoms with Crippen molar-refractivity contribution >= 4 is 43.9 Å². The Morgan fingerprint density at radius 1 is 1.24 bits per heavy atom. The minimum atomic E-state index is -1.07. The second-order valence-electron chi connectivity index (χ2n) is 4.30. The first-order chi connectivity index (χ1) is 10.1. The molecular formula is C14H10N2O3S2. The van der Waals surface area contributed by atoms with E-state index in [0.29, 0.717) is 11.4 Å². The predicted octanol–water partition coefficient (Wildman–Crippen LogP) is 2.99. The number of rotatable bonds is 4. The Labute approximate surface area is 127 Å². The molecule has 3 aromatic heterocycles. The highest BCUT2D eigenvalue weighted by molar-refractivity contribution is 7.27. The first-order valence-corrected chi connectivity index (χ1v) is 7.76. The molecule has 0 aliphatic heterocycles. The lowest BCUT2D eigenvalue weighted by Gasteiger charge is -2.03. The van der Waals surface area contributed by atoms with Gasteiger partial charge in [-0.25, -0.2) is 9.78 Å². The summed E-state index contributed by atoms with van der Waals surface area (Å²) in [5.74, 6) is -1.20. The minimum absolute atomic E-state index is 0.0106. The van der Waals surface area contributed by atoms with Crippen LogP contribution < -0.4 is 5.32 Å². The zero-order chi connectivity index (χ0) is 14.8. The highest BCUT2D eigenvalue weighted by Crippen LogP contribution is 2.29. The van der Waals surface area contributed by atoms with Crippen LogP contribution in [0.3, 0.4) is 0 Å². The molecule has 3 rings (SSSR count). The summed E-state index contributed by atoms with van der Waals surface area (Å²) in [7, 11) is 0. The van der Waals surface area contributed by atoms with Crippen molar-refractivity contribution in [2.24, 2.45) is 0 Å². The number of thiophene rings is 2. The summed E-state index contributed by atoms with van der Waals surface area (Å²) < 4.78 is 2.22. The molecule has 0 unspecified atom stereocenters. The number of hydrogen-bond acceptors (Lipinski definition) is 5. The van der Waals surface area contributed by atoms with Gasteiger partial charge < -0.3 is 10.4 Å². The van der Waals surface area contributed by atoms with Crippen LogP contribution in [0.5, 0.6) is 0 Å². The van der Waals surface area contributed by atoms with Crippen LogP contribution in [0.2, 0.25) is 0 Å². The van der Waals surface area contributed by atoms with Crippen LogP contribution in [-0.4, -0.2) is 22.0 Å². The van der Waals surface area contributed by atoms with Crippen molar-refractivity contribution in [3.8, 4) is 0 Å². The van der Waals surface area contributed by atoms with Gasteiger partial charge in [-0.2, -0.15) is 0 Å². The normalized spacial score (nSPS) is 10.7. The average molecular weight is 318 g/mol. The molecule has 3 heterocycles. The van der Waals surface area contributed by atoms with Crippen LogP contribution in [0.15, 0.2) is 35.8 Å². The molecule has 0 fully saturated rings. The molecule has 0 radical (unpaired) electrons. The number of carbonyl (C=O) groups is 2. The summed E-state index contributed by atoms with van der Waals surface area (Å²) in [4.78, 5) is 27.2. The lowest BCUT2D eigenvalue weighted by atomic mass is 10.2. The molecule has 0 saturated carbocycles. The lowest BCUT2D eigenvalue weighted by molar-refractivity contribution is 0.0690. The van der Waals surface area contributed by atoms with Crippen molar-refractivity contribution in [2.45, 2.75) is 6.54 Å². The molecule has 0 aromatic carbocycles. The van der Waals surface area contributed by atoms with Gasteiger partial charge in [0.2, 0.25) is 0 Å². The monoisotopic (exact) mass is 318 g/mol. The maximum Gasteiger partial charge on any atom is 0.354 e. The maximum atomic E-state index is 12.1. The number of nitrogens with zero attached hydrogens (tertiary/aromatic N) is 1. The third kappa shape index (κ3) is 2.93. The summed E-state index contributed by atoms with van der Waals surface area (Å²) >= 11 is 3.07. The highest BCUT2D eigenvalue weighted by atomic mass is 32.1. The Kier molecular flexibility index (Phi) is 3.68. The molecule has 0 saturated heterocycles. The van der Waals surface area contributed by atoms with Gasteiger partial charge in [-0.1, -0.05) is 6.07 Å². The second-order valence-corrected chi connectivity index (χ2v) is 6.33. The van der Waals surface area contributed by atoms with Gasteiger partial charge in [-0.3, -0.25) is 4.79 Å². The van der Waals surface area contributed by atoms with E-state index in [4.69, 9.17) is 5.11 Å². The molecule has 2 N–H and O–H groups in total. The first kappa shape index (κ1) is 13.7. The fraction of sp³-hybridized carbons (Fsp3) is 0.0714. The number of carboxylic acids is 1. The number of aromatic carboxylic acids is 1. The largest absolute Gasteiger partial charge is 0.477 e. The van der Waals surface area contributed by atoms with E-state index in [2.05, 4.69) is 10.3 Å². The molecule has 0 spiro atoms. The molecule has 5 nitrogen and oxygen atoms in total. The van der Waals surface area contributed by atoms with E-state index in [9.17, 15) is 9.59 Å². The molecule has 1 amide bonds. The van der Waals surface area contributed by atoms with E-state index >= 15 is 0 Å². The number of amides is 1. The second kappa shape index (κ2) is 5.63. The molecule has 3 aromatic rings. The Balaban J connectivity index is 1.65. The summed E-state index contributed by atoms with van der Waals surface area (Å²) in [5.41, 5.74) is 0.746. The lowest BCUT2D eigenvalue weighted by Crippen LogP contribution is -2.21. The van der Waals surface area contributed by atoms with Crippen molar-refractivity contribution < 1.29 is 14.7 Å². The predicted molar refractivity (Wildman–Crippen MR) is 82.1 cm³/mol. The third-order valence-electron chi connectivity index (χ3n) is 2.86. The van der Waals surface area contributed by atoms with Crippen LogP contribution in [0.4, 0.5) is 0 Å². The summed E-state index contributed by atoms with van der Waals surface area (Å²) in [6, 6.07) is 6.94. The molecular weight excluding hydrogens is 308 g/mol. The maximum absolute atomic E-state index is 12.1. The summed E-state index contributed by atoms with van der Waals surface area (Å²) in [5, 5.41) is 13.6. The van der Waals surface area contributed by atoms with Crippen molar-refractivity contribution in [3.05, 3.63) is 52.0 Å². The fourth-order valence-corrected chi connectivity index (χ4v) is 3.83. The topological polar surface area (TPSA) is 79.3 Å². The number of carboxylic acid groups (broad SMARTS) is 1. The van der Waals surface area contributed by atoms with E-state index in [1.54, 1.807) is 17.4 Å². The molecule has 0 atom stereocenters. The fourth-order valence-electron chi connectivity index (χ4n) is 1.80. The third-order valence-corrected chi connectivity index (χ3v) is 4.95. The van der Waals surface area contributed by atoms with Gasteiger partial charge in [0.25, 0.3) is 5.91 Å². The Morgan fingerprint density at radius 2 is 2.10 bits per heavy atom. The van der Waals surface area contributed by atoms with Crippen LogP contribution in [0.25, 0.3) is 9.40 Å². The van der Waals surface area contributed by atoms with Crippen molar-refractivity contribution in [1.29, 1.82) is 0 Å². The van der Waals surface area contributed by atoms with Gasteiger partial charge in [0, 0.05) is 22.1 Å². The summed E-state index contributed by atoms with van der Waals surface area (Å²) in [6.07, 6.45) is 1.46. The standard InChI is InChI=1S/C14H10N2O3S2/c17-13(12-5-11-10(21-12)3-4-20-11)16-7-8-1-2-9(14(18)19)15-6-8/h1-6H,7H2,(H,16,17)(H,18,19). The van der Waals surface area contributed by atoms with Gasteiger partial charge in [0.1, 0.15) is 5.69 Å². The van der Waals surface area contributed by atoms with E-state index in [1.807, 2.05) is 17.5 Å². The van der Waals surface area contributed by atoms with Crippen LogP contribution in [0, 0.1) is 0 Å². The minimum Gasteiger partial charge on any atom is -0.477 e. The summed E-state index contributed by atoms with van der Waals surface area (Å²) in [6.45, 7) is 0.317. The van der Waals surface area contributed by atoms with Gasteiger partial charge in [0.05, 0.1) is 4.88 Å². The number of pyridine rings is 1. The number of aromatic nitrogens is 1. The van der Waals surface area contributed by atoms with Crippen molar-refractivity contribution in [1.82, 2.24) is 10.3 Å². The zero-order valence-electron chi connectivity index (χ0n) is 10.7. The zero-order valence-corrected chi connectivity index (χ0v) is 12.3. The smallest absolute Gasteiger partial charge is 0.354 e. The van der Waals surface area contributed by atoms with Gasteiger partial charge in [-0.15, -0.1) is 22.7 Å². The molecule has 0 aliphatic rings. The van der Waals surface area contributed by atoms with Gasteiger partial charge in [-0.05, 0) is 29.1 Å². The van der Waals surface area contributed by atoms with Gasteiger partial charge in [0.15, 0.2) is 0 Å². The molecule has 21 heavy (non-hydrogen) atoms. The molecule has 0 aliphatic carbocycles. The number of carbonyl (C=O) groups excluding carboxylic acids is 1. The number of nitrogens with one attached hydrogen (secondary N) is 1. The molecule has 0 bridgehead atoms. The van der Waals surface area contributed by atoms with Crippen LogP contribution >= 0.6 is 22.7 Å². The Hall–Kier alpha value is -2.25. The van der Waals surface area contributed by atoms with Gasteiger partial charge >= 0.3 is 5.97 Å². The van der Waals surface area contributed by atoms with E-state index in [1.165, 1.54) is 23.6 Å². The highest BCUT2D eigenvalue weighted by Gasteiger charge is 2.11. The number of hydrogen-bond donors (Lipinski definition) is 2. The average Bonchev–Trinajstić information content (AvgIpc) is 3.06. The SMILES string of the molecule is O=C(O)c1ccc(CNC(=O)c2cc3sccc3s2)cn1. The van der Waals surface area contributed by atoms with E-state index in [-0.39, 0.29) is 11.6 Å². The van der Waals surface area contributed by atoms with Crippen molar-refractivity contribution in [2.75, 3.05) is 0 Å². The Morgan fingerprint density at radius 3 is 2.76 bits per heavy atom. The number of fused-ring (bicyclic) bond motifs is 1. The quantitative estimate of drug-likeness (QED) is 0.775. The van der Waals surface area contributed by atoms with E-state index in [0.717, 1.165) is 15.0 Å². The van der Waals surface area contributed by atoms with Crippen molar-refractivity contribution in [3.63, 3.8) is 0 Å². The molecule has 7 heteroatoms. The Bertz CT molecular complexity index is 777.